The monoisotopic (exact) mass is 432 g/mol. The van der Waals surface area contributed by atoms with Crippen LogP contribution in [0.25, 0.3) is 0 Å². The molecule has 2 atom stereocenters. The first-order chi connectivity index (χ1) is 14.9. The van der Waals surface area contributed by atoms with Crippen LogP contribution in [0.15, 0.2) is 53.7 Å². The molecule has 2 aromatic rings. The molecule has 0 unspecified atom stereocenters. The molecule has 0 amide bonds. The molecule has 3 rings (SSSR count). The van der Waals surface area contributed by atoms with Gasteiger partial charge in [0.2, 0.25) is 0 Å². The molecule has 31 heavy (non-hydrogen) atoms. The molecule has 7 heteroatoms. The zero-order chi connectivity index (χ0) is 22.2. The molecule has 0 fully saturated rings. The third-order valence-corrected chi connectivity index (χ3v) is 4.90. The van der Waals surface area contributed by atoms with E-state index >= 15 is 0 Å². The number of hydrogen-bond donors (Lipinski definition) is 1. The molecule has 0 radical (unpaired) electrons. The molecule has 0 aliphatic carbocycles. The zero-order valence-electron chi connectivity index (χ0n) is 18.0. The van der Waals surface area contributed by atoms with E-state index in [1.807, 2.05) is 11.0 Å². The van der Waals surface area contributed by atoms with Crippen molar-refractivity contribution >= 4 is 5.71 Å². The summed E-state index contributed by atoms with van der Waals surface area (Å²) >= 11 is 0. The number of ether oxygens (including phenoxy) is 1. The van der Waals surface area contributed by atoms with Crippen LogP contribution in [-0.2, 0) is 16.1 Å². The Morgan fingerprint density at radius 2 is 1.90 bits per heavy atom. The Balaban J connectivity index is 1.60. The van der Waals surface area contributed by atoms with Crippen LogP contribution in [0.3, 0.4) is 0 Å². The first-order valence-corrected chi connectivity index (χ1v) is 10.6. The number of nitrogens with zero attached hydrogens (tertiary/aromatic N) is 2. The lowest BCUT2D eigenvalue weighted by atomic mass is 10.0. The number of halogens is 2. The second kappa shape index (κ2) is 11.3. The molecule has 0 spiro atoms. The molecular formula is C24H30F2N2O3. The van der Waals surface area contributed by atoms with Crippen molar-refractivity contribution in [2.45, 2.75) is 39.0 Å². The highest BCUT2D eigenvalue weighted by Crippen LogP contribution is 2.19. The van der Waals surface area contributed by atoms with E-state index in [-0.39, 0.29) is 24.3 Å². The van der Waals surface area contributed by atoms with Gasteiger partial charge >= 0.3 is 0 Å². The van der Waals surface area contributed by atoms with Gasteiger partial charge in [0.05, 0.1) is 18.4 Å². The molecule has 1 N–H and O–H groups in total. The van der Waals surface area contributed by atoms with Gasteiger partial charge < -0.3 is 14.7 Å². The van der Waals surface area contributed by atoms with Crippen molar-refractivity contribution < 1.29 is 23.5 Å². The predicted octanol–water partition coefficient (Wildman–Crippen LogP) is 3.99. The van der Waals surface area contributed by atoms with Gasteiger partial charge in [-0.1, -0.05) is 43.3 Å². The smallest absolute Gasteiger partial charge is 0.145 e. The van der Waals surface area contributed by atoms with E-state index < -0.39 is 6.10 Å². The highest BCUT2D eigenvalue weighted by molar-refractivity contribution is 6.01. The Hall–Kier alpha value is -2.35. The minimum Gasteiger partial charge on any atom is -0.390 e. The Labute approximate surface area is 182 Å². The van der Waals surface area contributed by atoms with Gasteiger partial charge in [0.25, 0.3) is 0 Å². The van der Waals surface area contributed by atoms with Gasteiger partial charge in [-0.05, 0) is 41.3 Å². The first kappa shape index (κ1) is 23.3. The lowest BCUT2D eigenvalue weighted by Gasteiger charge is -2.27. The molecular weight excluding hydrogens is 402 g/mol. The number of aliphatic hydroxyl groups excluding tert-OH is 1. The fourth-order valence-electron chi connectivity index (χ4n) is 3.51. The molecule has 168 valence electrons. The molecule has 0 saturated heterocycles. The first-order valence-electron chi connectivity index (χ1n) is 10.6. The average molecular weight is 433 g/mol. The molecule has 0 bridgehead atoms. The summed E-state index contributed by atoms with van der Waals surface area (Å²) in [6.07, 6.45) is -0.311. The summed E-state index contributed by atoms with van der Waals surface area (Å²) in [4.78, 5) is 7.62. The third-order valence-electron chi connectivity index (χ3n) is 4.90. The second-order valence-electron chi connectivity index (χ2n) is 8.39. The van der Waals surface area contributed by atoms with Crippen LogP contribution >= 0.6 is 0 Å². The van der Waals surface area contributed by atoms with Crippen molar-refractivity contribution in [2.24, 2.45) is 11.1 Å². The van der Waals surface area contributed by atoms with Crippen LogP contribution in [0.5, 0.6) is 0 Å². The van der Waals surface area contributed by atoms with Gasteiger partial charge in [-0.15, -0.1) is 0 Å². The molecule has 1 aliphatic rings. The Kier molecular flexibility index (Phi) is 8.51. The zero-order valence-corrected chi connectivity index (χ0v) is 18.0. The lowest BCUT2D eigenvalue weighted by molar-refractivity contribution is -0.00735. The van der Waals surface area contributed by atoms with E-state index in [0.29, 0.717) is 38.6 Å². The van der Waals surface area contributed by atoms with Crippen molar-refractivity contribution in [3.05, 3.63) is 71.3 Å². The van der Waals surface area contributed by atoms with Crippen molar-refractivity contribution in [3.63, 3.8) is 0 Å². The highest BCUT2D eigenvalue weighted by Gasteiger charge is 2.26. The quantitative estimate of drug-likeness (QED) is 0.583. The van der Waals surface area contributed by atoms with Crippen LogP contribution in [0.4, 0.5) is 8.78 Å². The van der Waals surface area contributed by atoms with Crippen molar-refractivity contribution in [1.29, 1.82) is 0 Å². The lowest BCUT2D eigenvalue weighted by Crippen LogP contribution is -2.39. The third kappa shape index (κ3) is 7.69. The maximum Gasteiger partial charge on any atom is 0.145 e. The summed E-state index contributed by atoms with van der Waals surface area (Å²) in [5, 5.41) is 14.6. The minimum absolute atomic E-state index is 0.211. The summed E-state index contributed by atoms with van der Waals surface area (Å²) < 4.78 is 32.4. The van der Waals surface area contributed by atoms with E-state index in [1.165, 1.54) is 24.3 Å². The normalized spacial score (nSPS) is 17.1. The van der Waals surface area contributed by atoms with Crippen LogP contribution in [0.2, 0.25) is 0 Å². The van der Waals surface area contributed by atoms with Gasteiger partial charge in [-0.3, -0.25) is 4.90 Å². The van der Waals surface area contributed by atoms with Crippen LogP contribution in [0.1, 0.15) is 31.4 Å². The van der Waals surface area contributed by atoms with Gasteiger partial charge in [0.15, 0.2) is 0 Å². The topological polar surface area (TPSA) is 54.3 Å². The largest absolute Gasteiger partial charge is 0.390 e. The molecule has 1 heterocycles. The summed E-state index contributed by atoms with van der Waals surface area (Å²) in [5.74, 6) is -0.198. The standard InChI is InChI=1S/C24H30F2N2O3/c1-17(2)15-30-16-22(29)13-28(12-18-4-3-5-21(26)10-18)14-23-11-24(27-31-23)19-6-8-20(25)9-7-19/h3-10,17,22-23,29H,11-16H2,1-2H3/t22-,23-/m1/s1. The number of oxime groups is 1. The molecule has 0 saturated carbocycles. The molecule has 5 nitrogen and oxygen atoms in total. The van der Waals surface area contributed by atoms with Crippen LogP contribution in [-0.4, -0.2) is 54.2 Å². The van der Waals surface area contributed by atoms with E-state index in [0.717, 1.165) is 16.8 Å². The Morgan fingerprint density at radius 1 is 1.13 bits per heavy atom. The molecule has 1 aliphatic heterocycles. The van der Waals surface area contributed by atoms with Gasteiger partial charge in [-0.25, -0.2) is 8.78 Å². The Bertz CT molecular complexity index is 858. The summed E-state index contributed by atoms with van der Waals surface area (Å²) in [7, 11) is 0. The summed E-state index contributed by atoms with van der Waals surface area (Å²) in [5.41, 5.74) is 2.40. The summed E-state index contributed by atoms with van der Waals surface area (Å²) in [6, 6.07) is 12.6. The number of benzene rings is 2. The van der Waals surface area contributed by atoms with Crippen molar-refractivity contribution in [2.75, 3.05) is 26.3 Å². The SMILES string of the molecule is CC(C)COC[C@H](O)CN(Cc1cccc(F)c1)C[C@H]1CC(c2ccc(F)cc2)=NO1. The van der Waals surface area contributed by atoms with E-state index in [1.54, 1.807) is 18.2 Å². The minimum atomic E-state index is -0.675. The van der Waals surface area contributed by atoms with Gasteiger partial charge in [0.1, 0.15) is 17.7 Å². The number of aliphatic hydroxyl groups is 1. The maximum atomic E-state index is 13.6. The molecule has 2 aromatic carbocycles. The van der Waals surface area contributed by atoms with E-state index in [2.05, 4.69) is 19.0 Å². The second-order valence-corrected chi connectivity index (χ2v) is 8.39. The fourth-order valence-corrected chi connectivity index (χ4v) is 3.51. The Morgan fingerprint density at radius 3 is 2.61 bits per heavy atom. The van der Waals surface area contributed by atoms with Gasteiger partial charge in [-0.2, -0.15) is 0 Å². The summed E-state index contributed by atoms with van der Waals surface area (Å²) in [6.45, 7) is 6.26. The van der Waals surface area contributed by atoms with E-state index in [9.17, 15) is 13.9 Å². The maximum absolute atomic E-state index is 13.6. The van der Waals surface area contributed by atoms with Crippen LogP contribution < -0.4 is 0 Å². The average Bonchev–Trinajstić information content (AvgIpc) is 3.16. The van der Waals surface area contributed by atoms with Crippen molar-refractivity contribution in [1.82, 2.24) is 4.90 Å². The van der Waals surface area contributed by atoms with Crippen molar-refractivity contribution in [3.8, 4) is 0 Å². The highest BCUT2D eigenvalue weighted by atomic mass is 19.1. The molecule has 0 aromatic heterocycles. The number of rotatable bonds is 11. The van der Waals surface area contributed by atoms with Crippen LogP contribution in [0, 0.1) is 17.6 Å². The van der Waals surface area contributed by atoms with Gasteiger partial charge in [0, 0.05) is 32.7 Å². The predicted molar refractivity (Wildman–Crippen MR) is 116 cm³/mol. The van der Waals surface area contributed by atoms with E-state index in [4.69, 9.17) is 9.57 Å². The number of hydrogen-bond acceptors (Lipinski definition) is 5. The fraction of sp³-hybridized carbons (Fsp3) is 0.458.